The van der Waals surface area contributed by atoms with Gasteiger partial charge < -0.3 is 9.88 Å². The van der Waals surface area contributed by atoms with Gasteiger partial charge in [-0.05, 0) is 68.2 Å². The third kappa shape index (κ3) is 4.12. The molecule has 1 saturated heterocycles. The summed E-state index contributed by atoms with van der Waals surface area (Å²) in [6.07, 6.45) is 7.37. The van der Waals surface area contributed by atoms with Crippen molar-refractivity contribution in [2.75, 3.05) is 18.4 Å². The van der Waals surface area contributed by atoms with Gasteiger partial charge in [0.2, 0.25) is 0 Å². The number of fused-ring (bicyclic) bond motifs is 1. The molecular weight excluding hydrogens is 346 g/mol. The van der Waals surface area contributed by atoms with Crippen molar-refractivity contribution in [3.63, 3.8) is 0 Å². The number of anilines is 1. The Kier molecular flexibility index (Phi) is 5.77. The Hall–Kier alpha value is -2.59. The fourth-order valence-corrected chi connectivity index (χ4v) is 4.15. The monoisotopic (exact) mass is 375 g/mol. The van der Waals surface area contributed by atoms with Crippen molar-refractivity contribution in [1.29, 1.82) is 0 Å². The number of aryl methyl sites for hydroxylation is 1. The number of likely N-dealkylation sites (tertiary alicyclic amines) is 1. The molecule has 4 heteroatoms. The van der Waals surface area contributed by atoms with Gasteiger partial charge in [-0.15, -0.1) is 0 Å². The van der Waals surface area contributed by atoms with Crippen molar-refractivity contribution in [3.8, 4) is 0 Å². The second-order valence-corrected chi connectivity index (χ2v) is 7.74. The Morgan fingerprint density at radius 3 is 2.57 bits per heavy atom. The maximum Gasteiger partial charge on any atom is 0.255 e. The molecule has 3 aromatic rings. The summed E-state index contributed by atoms with van der Waals surface area (Å²) in [5.74, 6) is -0.0643. The SMILES string of the molecule is CCCn1cc(CN2CCCCC2)c2cc(NC(=O)c3ccccc3)ccc21. The molecule has 1 aliphatic rings. The zero-order valence-corrected chi connectivity index (χ0v) is 16.7. The van der Waals surface area contributed by atoms with Crippen molar-refractivity contribution < 1.29 is 4.79 Å². The second-order valence-electron chi connectivity index (χ2n) is 7.74. The normalized spacial score (nSPS) is 15.0. The summed E-state index contributed by atoms with van der Waals surface area (Å²) >= 11 is 0. The first-order valence-corrected chi connectivity index (χ1v) is 10.4. The van der Waals surface area contributed by atoms with Gasteiger partial charge in [0.25, 0.3) is 5.91 Å². The summed E-state index contributed by atoms with van der Waals surface area (Å²) < 4.78 is 2.36. The molecule has 0 aliphatic carbocycles. The molecule has 0 spiro atoms. The van der Waals surface area contributed by atoms with Crippen LogP contribution in [0.4, 0.5) is 5.69 Å². The minimum Gasteiger partial charge on any atom is -0.347 e. The van der Waals surface area contributed by atoms with Gasteiger partial charge >= 0.3 is 0 Å². The van der Waals surface area contributed by atoms with Crippen molar-refractivity contribution >= 4 is 22.5 Å². The second kappa shape index (κ2) is 8.61. The van der Waals surface area contributed by atoms with Crippen LogP contribution in [0.25, 0.3) is 10.9 Å². The number of hydrogen-bond acceptors (Lipinski definition) is 2. The van der Waals surface area contributed by atoms with Gasteiger partial charge in [-0.2, -0.15) is 0 Å². The lowest BCUT2D eigenvalue weighted by atomic mass is 10.1. The fraction of sp³-hybridized carbons (Fsp3) is 0.375. The maximum absolute atomic E-state index is 12.5. The smallest absolute Gasteiger partial charge is 0.255 e. The lowest BCUT2D eigenvalue weighted by Crippen LogP contribution is -2.29. The van der Waals surface area contributed by atoms with Crippen LogP contribution in [-0.2, 0) is 13.1 Å². The summed E-state index contributed by atoms with van der Waals surface area (Å²) in [5, 5.41) is 4.32. The molecule has 1 N–H and O–H groups in total. The van der Waals surface area contributed by atoms with E-state index < -0.39 is 0 Å². The van der Waals surface area contributed by atoms with Gasteiger partial charge in [0, 0.05) is 41.4 Å². The number of amides is 1. The van der Waals surface area contributed by atoms with Crippen LogP contribution in [0.2, 0.25) is 0 Å². The van der Waals surface area contributed by atoms with Crippen molar-refractivity contribution in [1.82, 2.24) is 9.47 Å². The fourth-order valence-electron chi connectivity index (χ4n) is 4.15. The van der Waals surface area contributed by atoms with Gasteiger partial charge in [0.05, 0.1) is 0 Å². The molecule has 4 rings (SSSR count). The van der Waals surface area contributed by atoms with Crippen LogP contribution in [-0.4, -0.2) is 28.5 Å². The highest BCUT2D eigenvalue weighted by Crippen LogP contribution is 2.27. The van der Waals surface area contributed by atoms with E-state index in [0.717, 1.165) is 25.2 Å². The van der Waals surface area contributed by atoms with E-state index in [4.69, 9.17) is 0 Å². The van der Waals surface area contributed by atoms with Crippen molar-refractivity contribution in [3.05, 3.63) is 65.9 Å². The van der Waals surface area contributed by atoms with E-state index in [-0.39, 0.29) is 5.91 Å². The van der Waals surface area contributed by atoms with E-state index in [1.165, 1.54) is 48.8 Å². The van der Waals surface area contributed by atoms with Gasteiger partial charge in [-0.3, -0.25) is 9.69 Å². The molecule has 146 valence electrons. The average Bonchev–Trinajstić information content (AvgIpc) is 3.06. The summed E-state index contributed by atoms with van der Waals surface area (Å²) in [5.41, 5.74) is 4.16. The Bertz CT molecular complexity index is 939. The molecule has 1 amide bonds. The quantitative estimate of drug-likeness (QED) is 0.636. The summed E-state index contributed by atoms with van der Waals surface area (Å²) in [4.78, 5) is 15.1. The topological polar surface area (TPSA) is 37.3 Å². The predicted molar refractivity (Wildman–Crippen MR) is 116 cm³/mol. The van der Waals surface area contributed by atoms with Gasteiger partial charge in [-0.25, -0.2) is 0 Å². The first-order valence-electron chi connectivity index (χ1n) is 10.4. The Morgan fingerprint density at radius 2 is 1.82 bits per heavy atom. The number of carbonyl (C=O) groups is 1. The minimum atomic E-state index is -0.0643. The van der Waals surface area contributed by atoms with Crippen molar-refractivity contribution in [2.24, 2.45) is 0 Å². The van der Waals surface area contributed by atoms with E-state index in [1.54, 1.807) is 0 Å². The molecule has 0 radical (unpaired) electrons. The number of hydrogen-bond donors (Lipinski definition) is 1. The lowest BCUT2D eigenvalue weighted by molar-refractivity contribution is 0.102. The number of rotatable bonds is 6. The van der Waals surface area contributed by atoms with E-state index in [1.807, 2.05) is 36.4 Å². The Morgan fingerprint density at radius 1 is 1.04 bits per heavy atom. The number of aromatic nitrogens is 1. The molecule has 2 aromatic carbocycles. The predicted octanol–water partition coefficient (Wildman–Crippen LogP) is 5.29. The molecule has 28 heavy (non-hydrogen) atoms. The number of benzene rings is 2. The molecule has 2 heterocycles. The van der Waals surface area contributed by atoms with E-state index in [0.29, 0.717) is 5.56 Å². The third-order valence-corrected chi connectivity index (χ3v) is 5.56. The highest BCUT2D eigenvalue weighted by molar-refractivity contribution is 6.05. The molecule has 0 unspecified atom stereocenters. The standard InChI is InChI=1S/C24H29N3O/c1-2-13-27-18-20(17-26-14-7-4-8-15-26)22-16-21(11-12-23(22)27)25-24(28)19-9-5-3-6-10-19/h3,5-6,9-12,16,18H,2,4,7-8,13-15,17H2,1H3,(H,25,28). The minimum absolute atomic E-state index is 0.0643. The molecule has 4 nitrogen and oxygen atoms in total. The van der Waals surface area contributed by atoms with Gasteiger partial charge in [0.1, 0.15) is 0 Å². The number of piperidine rings is 1. The molecule has 0 atom stereocenters. The number of nitrogens with one attached hydrogen (secondary N) is 1. The van der Waals surface area contributed by atoms with E-state index in [2.05, 4.69) is 40.0 Å². The highest BCUT2D eigenvalue weighted by atomic mass is 16.1. The molecule has 1 fully saturated rings. The van der Waals surface area contributed by atoms with Crippen LogP contribution in [0.3, 0.4) is 0 Å². The Balaban J connectivity index is 1.62. The van der Waals surface area contributed by atoms with Crippen LogP contribution in [0, 0.1) is 0 Å². The average molecular weight is 376 g/mol. The first kappa shape index (κ1) is 18.8. The van der Waals surface area contributed by atoms with Crippen LogP contribution in [0.15, 0.2) is 54.7 Å². The Labute approximate surface area is 167 Å². The number of nitrogens with zero attached hydrogens (tertiary/aromatic N) is 2. The first-order chi connectivity index (χ1) is 13.7. The summed E-state index contributed by atoms with van der Waals surface area (Å²) in [6, 6.07) is 15.7. The van der Waals surface area contributed by atoms with Gasteiger partial charge in [0.15, 0.2) is 0 Å². The summed E-state index contributed by atoms with van der Waals surface area (Å²) in [6.45, 7) is 6.59. The van der Waals surface area contributed by atoms with Crippen LogP contribution in [0.5, 0.6) is 0 Å². The van der Waals surface area contributed by atoms with Crippen LogP contribution in [0.1, 0.15) is 48.5 Å². The zero-order chi connectivity index (χ0) is 19.3. The molecule has 0 saturated carbocycles. The van der Waals surface area contributed by atoms with Crippen molar-refractivity contribution in [2.45, 2.75) is 45.7 Å². The maximum atomic E-state index is 12.5. The lowest BCUT2D eigenvalue weighted by Gasteiger charge is -2.26. The van der Waals surface area contributed by atoms with E-state index >= 15 is 0 Å². The highest BCUT2D eigenvalue weighted by Gasteiger charge is 2.15. The molecule has 1 aromatic heterocycles. The van der Waals surface area contributed by atoms with E-state index in [9.17, 15) is 4.79 Å². The third-order valence-electron chi connectivity index (χ3n) is 5.56. The van der Waals surface area contributed by atoms with Crippen LogP contribution >= 0.6 is 0 Å². The summed E-state index contributed by atoms with van der Waals surface area (Å²) in [7, 11) is 0. The van der Waals surface area contributed by atoms with Gasteiger partial charge in [-0.1, -0.05) is 31.5 Å². The molecule has 0 bridgehead atoms. The number of carbonyl (C=O) groups excluding carboxylic acids is 1. The largest absolute Gasteiger partial charge is 0.347 e. The zero-order valence-electron chi connectivity index (χ0n) is 16.7. The van der Waals surface area contributed by atoms with Crippen LogP contribution < -0.4 is 5.32 Å². The molecule has 1 aliphatic heterocycles. The molecular formula is C24H29N3O.